The minimum absolute atomic E-state index is 0.00303. The molecule has 158 valence electrons. The second kappa shape index (κ2) is 10.2. The Labute approximate surface area is 181 Å². The van der Waals surface area contributed by atoms with E-state index in [4.69, 9.17) is 9.47 Å². The topological polar surface area (TPSA) is 69.5 Å². The molecule has 3 aromatic rings. The first-order valence-corrected chi connectivity index (χ1v) is 10.7. The van der Waals surface area contributed by atoms with Crippen LogP contribution in [0.4, 0.5) is 5.69 Å². The lowest BCUT2D eigenvalue weighted by molar-refractivity contribution is -0.115. The number of aromatic nitrogens is 3. The number of hydrogen-bond acceptors (Lipinski definition) is 6. The van der Waals surface area contributed by atoms with Gasteiger partial charge in [-0.15, -0.1) is 10.2 Å². The van der Waals surface area contributed by atoms with E-state index in [0.29, 0.717) is 29.0 Å². The van der Waals surface area contributed by atoms with Crippen molar-refractivity contribution in [2.75, 3.05) is 24.8 Å². The number of anilines is 1. The molecule has 30 heavy (non-hydrogen) atoms. The third kappa shape index (κ3) is 4.94. The van der Waals surface area contributed by atoms with Crippen molar-refractivity contribution in [3.63, 3.8) is 0 Å². The van der Waals surface area contributed by atoms with E-state index in [1.54, 1.807) is 19.1 Å². The van der Waals surface area contributed by atoms with Crippen LogP contribution in [0.3, 0.4) is 0 Å². The van der Waals surface area contributed by atoms with E-state index >= 15 is 0 Å². The van der Waals surface area contributed by atoms with Gasteiger partial charge in [0.15, 0.2) is 28.6 Å². The van der Waals surface area contributed by atoms with Gasteiger partial charge in [-0.25, -0.2) is 0 Å². The van der Waals surface area contributed by atoms with Crippen molar-refractivity contribution in [3.05, 3.63) is 60.4 Å². The SMILES string of the molecule is CCn1c(SCC(=O)N(C)c2ccccc2)nnc1C(C)Oc1ccccc1OC. The quantitative estimate of drug-likeness (QED) is 0.478. The fourth-order valence-corrected chi connectivity index (χ4v) is 3.91. The van der Waals surface area contributed by atoms with Crippen molar-refractivity contribution in [3.8, 4) is 11.5 Å². The molecule has 8 heteroatoms. The van der Waals surface area contributed by atoms with Gasteiger partial charge in [0.1, 0.15) is 0 Å². The zero-order chi connectivity index (χ0) is 21.5. The minimum atomic E-state index is -0.328. The average molecular weight is 427 g/mol. The third-order valence-corrected chi connectivity index (χ3v) is 5.59. The molecule has 0 aliphatic heterocycles. The molecule has 1 atom stereocenters. The Morgan fingerprint density at radius 2 is 1.77 bits per heavy atom. The molecule has 1 aromatic heterocycles. The lowest BCUT2D eigenvalue weighted by Crippen LogP contribution is -2.28. The van der Waals surface area contributed by atoms with Gasteiger partial charge >= 0.3 is 0 Å². The van der Waals surface area contributed by atoms with Crippen LogP contribution in [0.25, 0.3) is 0 Å². The summed E-state index contributed by atoms with van der Waals surface area (Å²) in [5.74, 6) is 2.28. The maximum Gasteiger partial charge on any atom is 0.237 e. The molecule has 1 unspecified atom stereocenters. The average Bonchev–Trinajstić information content (AvgIpc) is 3.21. The number of amides is 1. The second-order valence-corrected chi connectivity index (χ2v) is 7.52. The van der Waals surface area contributed by atoms with E-state index in [1.807, 2.05) is 73.0 Å². The summed E-state index contributed by atoms with van der Waals surface area (Å²) in [7, 11) is 3.39. The summed E-state index contributed by atoms with van der Waals surface area (Å²) in [5, 5.41) is 9.30. The van der Waals surface area contributed by atoms with Crippen molar-refractivity contribution in [2.45, 2.75) is 31.7 Å². The van der Waals surface area contributed by atoms with Gasteiger partial charge in [-0.1, -0.05) is 42.1 Å². The van der Waals surface area contributed by atoms with E-state index < -0.39 is 0 Å². The van der Waals surface area contributed by atoms with Gasteiger partial charge in [0.25, 0.3) is 0 Å². The van der Waals surface area contributed by atoms with Crippen LogP contribution >= 0.6 is 11.8 Å². The Hall–Kier alpha value is -3.00. The van der Waals surface area contributed by atoms with Crippen LogP contribution in [0.5, 0.6) is 11.5 Å². The van der Waals surface area contributed by atoms with Gasteiger partial charge < -0.3 is 18.9 Å². The molecule has 0 aliphatic rings. The summed E-state index contributed by atoms with van der Waals surface area (Å²) in [4.78, 5) is 14.2. The van der Waals surface area contributed by atoms with Gasteiger partial charge in [0.2, 0.25) is 5.91 Å². The van der Waals surface area contributed by atoms with E-state index in [2.05, 4.69) is 10.2 Å². The van der Waals surface area contributed by atoms with Gasteiger partial charge in [0, 0.05) is 19.3 Å². The molecule has 0 aliphatic carbocycles. The molecule has 0 saturated carbocycles. The number of ether oxygens (including phenoxy) is 2. The van der Waals surface area contributed by atoms with Crippen molar-refractivity contribution in [1.29, 1.82) is 0 Å². The largest absolute Gasteiger partial charge is 0.493 e. The Morgan fingerprint density at radius 3 is 2.43 bits per heavy atom. The number of methoxy groups -OCH3 is 1. The molecular formula is C22H26N4O3S. The van der Waals surface area contributed by atoms with E-state index in [0.717, 1.165) is 5.69 Å². The highest BCUT2D eigenvalue weighted by Crippen LogP contribution is 2.31. The first-order chi connectivity index (χ1) is 14.5. The number of nitrogens with zero attached hydrogens (tertiary/aromatic N) is 4. The summed E-state index contributed by atoms with van der Waals surface area (Å²) in [6, 6.07) is 17.1. The Morgan fingerprint density at radius 1 is 1.10 bits per heavy atom. The Kier molecular flexibility index (Phi) is 7.35. The molecule has 3 rings (SSSR count). The number of carbonyl (C=O) groups excluding carboxylic acids is 1. The smallest absolute Gasteiger partial charge is 0.237 e. The predicted molar refractivity (Wildman–Crippen MR) is 118 cm³/mol. The zero-order valence-corrected chi connectivity index (χ0v) is 18.4. The highest BCUT2D eigenvalue weighted by Gasteiger charge is 2.21. The van der Waals surface area contributed by atoms with Gasteiger partial charge in [-0.05, 0) is 38.1 Å². The number of hydrogen-bond donors (Lipinski definition) is 0. The molecule has 1 amide bonds. The van der Waals surface area contributed by atoms with Crippen LogP contribution in [-0.4, -0.2) is 40.6 Å². The molecule has 0 spiro atoms. The van der Waals surface area contributed by atoms with Crippen molar-refractivity contribution in [2.24, 2.45) is 0 Å². The van der Waals surface area contributed by atoms with Crippen LogP contribution in [-0.2, 0) is 11.3 Å². The summed E-state index contributed by atoms with van der Waals surface area (Å²) >= 11 is 1.37. The second-order valence-electron chi connectivity index (χ2n) is 6.57. The third-order valence-electron chi connectivity index (χ3n) is 4.64. The highest BCUT2D eigenvalue weighted by molar-refractivity contribution is 7.99. The summed E-state index contributed by atoms with van der Waals surface area (Å²) in [6.45, 7) is 4.61. The first-order valence-electron chi connectivity index (χ1n) is 9.72. The Bertz CT molecular complexity index is 978. The maximum absolute atomic E-state index is 12.6. The van der Waals surface area contributed by atoms with Crippen LogP contribution in [0, 0.1) is 0 Å². The van der Waals surface area contributed by atoms with E-state index in [1.165, 1.54) is 11.8 Å². The number of thioether (sulfide) groups is 1. The van der Waals surface area contributed by atoms with Crippen LogP contribution in [0.1, 0.15) is 25.8 Å². The summed E-state index contributed by atoms with van der Waals surface area (Å²) in [6.07, 6.45) is -0.328. The normalized spacial score (nSPS) is 11.7. The number of rotatable bonds is 9. The highest BCUT2D eigenvalue weighted by atomic mass is 32.2. The van der Waals surface area contributed by atoms with E-state index in [9.17, 15) is 4.79 Å². The number of benzene rings is 2. The lowest BCUT2D eigenvalue weighted by atomic mass is 10.3. The molecule has 0 radical (unpaired) electrons. The maximum atomic E-state index is 12.6. The minimum Gasteiger partial charge on any atom is -0.493 e. The van der Waals surface area contributed by atoms with E-state index in [-0.39, 0.29) is 17.8 Å². The summed E-state index contributed by atoms with van der Waals surface area (Å²) < 4.78 is 13.4. The molecular weight excluding hydrogens is 400 g/mol. The monoisotopic (exact) mass is 426 g/mol. The molecule has 0 fully saturated rings. The molecule has 1 heterocycles. The molecule has 2 aromatic carbocycles. The first kappa shape index (κ1) is 21.7. The number of carbonyl (C=O) groups is 1. The standard InChI is InChI=1S/C22H26N4O3S/c1-5-26-21(16(2)29-19-14-10-9-13-18(19)28-4)23-24-22(26)30-15-20(27)25(3)17-11-7-6-8-12-17/h6-14,16H,5,15H2,1-4H3. The van der Waals surface area contributed by atoms with Gasteiger partial charge in [-0.2, -0.15) is 0 Å². The van der Waals surface area contributed by atoms with Crippen molar-refractivity contribution < 1.29 is 14.3 Å². The van der Waals surface area contributed by atoms with Crippen LogP contribution in [0.15, 0.2) is 59.8 Å². The Balaban J connectivity index is 1.68. The zero-order valence-electron chi connectivity index (χ0n) is 17.6. The van der Waals surface area contributed by atoms with Crippen LogP contribution < -0.4 is 14.4 Å². The molecule has 7 nitrogen and oxygen atoms in total. The van der Waals surface area contributed by atoms with Crippen molar-refractivity contribution in [1.82, 2.24) is 14.8 Å². The summed E-state index contributed by atoms with van der Waals surface area (Å²) in [5.41, 5.74) is 0.861. The van der Waals surface area contributed by atoms with Crippen LogP contribution in [0.2, 0.25) is 0 Å². The fraction of sp³-hybridized carbons (Fsp3) is 0.318. The van der Waals surface area contributed by atoms with Gasteiger partial charge in [-0.3, -0.25) is 4.79 Å². The number of para-hydroxylation sites is 3. The fourth-order valence-electron chi connectivity index (χ4n) is 2.98. The predicted octanol–water partition coefficient (Wildman–Crippen LogP) is 4.20. The lowest BCUT2D eigenvalue weighted by Gasteiger charge is -2.18. The van der Waals surface area contributed by atoms with Crippen molar-refractivity contribution >= 4 is 23.4 Å². The van der Waals surface area contributed by atoms with Gasteiger partial charge in [0.05, 0.1) is 12.9 Å². The molecule has 0 saturated heterocycles. The molecule has 0 bridgehead atoms. The molecule has 0 N–H and O–H groups in total.